The van der Waals surface area contributed by atoms with Gasteiger partial charge in [-0.3, -0.25) is 19.7 Å². The van der Waals surface area contributed by atoms with E-state index in [1.165, 1.54) is 16.5 Å². The van der Waals surface area contributed by atoms with E-state index in [2.05, 4.69) is 43.0 Å². The Bertz CT molecular complexity index is 1110. The summed E-state index contributed by atoms with van der Waals surface area (Å²) in [5.74, 6) is -0.986. The molecule has 2 saturated heterocycles. The van der Waals surface area contributed by atoms with Gasteiger partial charge in [0.25, 0.3) is 5.69 Å². The Balaban J connectivity index is 1.39. The zero-order valence-corrected chi connectivity index (χ0v) is 19.6. The van der Waals surface area contributed by atoms with Gasteiger partial charge in [-0.2, -0.15) is 0 Å². The number of carbonyl (C=O) groups is 2. The minimum atomic E-state index is -0.409. The number of nitro benzene ring substituents is 1. The van der Waals surface area contributed by atoms with E-state index in [9.17, 15) is 19.7 Å². The maximum atomic E-state index is 13.0. The van der Waals surface area contributed by atoms with Gasteiger partial charge in [-0.1, -0.05) is 30.5 Å². The lowest BCUT2D eigenvalue weighted by Gasteiger charge is -2.42. The molecule has 34 heavy (non-hydrogen) atoms. The third kappa shape index (κ3) is 3.81. The Morgan fingerprint density at radius 2 is 1.53 bits per heavy atom. The summed E-state index contributed by atoms with van der Waals surface area (Å²) in [4.78, 5) is 43.1. The van der Waals surface area contributed by atoms with Gasteiger partial charge in [0.1, 0.15) is 5.69 Å². The standard InChI is InChI=1S/C26H30N4O4/c1-17-7-9-19(10-8-17)28-14-13-27(16-18(28)2)23-12-11-20(15-24(23)30(33)34)29-25(31)21-5-3-4-6-22(21)26(29)32/h7-12,15,18,21-22H,3-6,13-14,16H2,1-2H3. The molecule has 8 nitrogen and oxygen atoms in total. The molecular formula is C26H30N4O4. The first-order chi connectivity index (χ1) is 16.3. The van der Waals surface area contributed by atoms with Crippen molar-refractivity contribution in [3.63, 3.8) is 0 Å². The van der Waals surface area contributed by atoms with Gasteiger partial charge in [-0.25, -0.2) is 4.90 Å². The maximum Gasteiger partial charge on any atom is 0.294 e. The molecule has 8 heteroatoms. The normalized spacial score (nSPS) is 25.0. The summed E-state index contributed by atoms with van der Waals surface area (Å²) in [6.07, 6.45) is 3.32. The van der Waals surface area contributed by atoms with Crippen molar-refractivity contribution in [1.29, 1.82) is 0 Å². The summed E-state index contributed by atoms with van der Waals surface area (Å²) < 4.78 is 0. The number of nitro groups is 1. The van der Waals surface area contributed by atoms with Crippen molar-refractivity contribution in [3.05, 3.63) is 58.1 Å². The van der Waals surface area contributed by atoms with Crippen LogP contribution in [0.5, 0.6) is 0 Å². The summed E-state index contributed by atoms with van der Waals surface area (Å²) in [6, 6.07) is 13.4. The van der Waals surface area contributed by atoms with E-state index in [-0.39, 0.29) is 35.4 Å². The first kappa shape index (κ1) is 22.4. The molecule has 3 aliphatic rings. The number of imide groups is 1. The molecule has 2 heterocycles. The topological polar surface area (TPSA) is 87.0 Å². The molecule has 3 fully saturated rings. The highest BCUT2D eigenvalue weighted by molar-refractivity contribution is 6.22. The third-order valence-electron chi connectivity index (χ3n) is 7.59. The average molecular weight is 463 g/mol. The Labute approximate surface area is 199 Å². The molecule has 1 aliphatic carbocycles. The molecule has 0 bridgehead atoms. The first-order valence-corrected chi connectivity index (χ1v) is 12.1. The summed E-state index contributed by atoms with van der Waals surface area (Å²) in [6.45, 7) is 6.21. The number of amides is 2. The second kappa shape index (κ2) is 8.74. The van der Waals surface area contributed by atoms with Crippen molar-refractivity contribution >= 4 is 34.6 Å². The van der Waals surface area contributed by atoms with Gasteiger partial charge in [-0.15, -0.1) is 0 Å². The minimum absolute atomic E-state index is 0.0658. The smallest absolute Gasteiger partial charge is 0.294 e. The Kier molecular flexibility index (Phi) is 5.75. The predicted molar refractivity (Wildman–Crippen MR) is 131 cm³/mol. The number of piperazine rings is 1. The second-order valence-electron chi connectivity index (χ2n) is 9.76. The van der Waals surface area contributed by atoms with Gasteiger partial charge in [0.05, 0.1) is 22.4 Å². The van der Waals surface area contributed by atoms with Crippen LogP contribution in [0, 0.1) is 28.9 Å². The number of hydrogen-bond donors (Lipinski definition) is 0. The van der Waals surface area contributed by atoms with Crippen molar-refractivity contribution in [2.45, 2.75) is 45.6 Å². The third-order valence-corrected chi connectivity index (χ3v) is 7.59. The van der Waals surface area contributed by atoms with Crippen LogP contribution in [0.4, 0.5) is 22.7 Å². The summed E-state index contributed by atoms with van der Waals surface area (Å²) in [5.41, 5.74) is 3.13. The highest BCUT2D eigenvalue weighted by Crippen LogP contribution is 2.42. The minimum Gasteiger partial charge on any atom is -0.365 e. The van der Waals surface area contributed by atoms with Crippen LogP contribution in [-0.2, 0) is 9.59 Å². The molecule has 2 aliphatic heterocycles. The molecule has 0 radical (unpaired) electrons. The van der Waals surface area contributed by atoms with Gasteiger partial charge in [0.15, 0.2) is 0 Å². The van der Waals surface area contributed by atoms with Crippen molar-refractivity contribution in [1.82, 2.24) is 0 Å². The molecule has 2 amide bonds. The van der Waals surface area contributed by atoms with Crippen LogP contribution in [0.3, 0.4) is 0 Å². The van der Waals surface area contributed by atoms with Crippen LogP contribution >= 0.6 is 0 Å². The lowest BCUT2D eigenvalue weighted by atomic mass is 9.81. The lowest BCUT2D eigenvalue weighted by molar-refractivity contribution is -0.384. The number of rotatable bonds is 4. The molecule has 3 atom stereocenters. The van der Waals surface area contributed by atoms with E-state index in [1.807, 2.05) is 4.90 Å². The van der Waals surface area contributed by atoms with Gasteiger partial charge >= 0.3 is 0 Å². The zero-order valence-electron chi connectivity index (χ0n) is 19.6. The molecule has 0 aromatic heterocycles. The summed E-state index contributed by atoms with van der Waals surface area (Å²) in [7, 11) is 0. The quantitative estimate of drug-likeness (QED) is 0.383. The number of hydrogen-bond acceptors (Lipinski definition) is 6. The fourth-order valence-electron chi connectivity index (χ4n) is 5.78. The van der Waals surface area contributed by atoms with Gasteiger partial charge in [-0.05, 0) is 51.0 Å². The number of fused-ring (bicyclic) bond motifs is 1. The number of nitrogens with zero attached hydrogens (tertiary/aromatic N) is 4. The molecule has 3 unspecified atom stereocenters. The number of carbonyl (C=O) groups excluding carboxylic acids is 2. The van der Waals surface area contributed by atoms with E-state index in [1.54, 1.807) is 12.1 Å². The summed E-state index contributed by atoms with van der Waals surface area (Å²) >= 11 is 0. The van der Waals surface area contributed by atoms with Crippen LogP contribution in [0.15, 0.2) is 42.5 Å². The molecule has 5 rings (SSSR count). The van der Waals surface area contributed by atoms with Crippen LogP contribution in [0.1, 0.15) is 38.2 Å². The predicted octanol–water partition coefficient (Wildman–Crippen LogP) is 4.30. The van der Waals surface area contributed by atoms with Gasteiger partial charge < -0.3 is 9.80 Å². The van der Waals surface area contributed by atoms with E-state index in [0.717, 1.165) is 37.9 Å². The molecule has 1 saturated carbocycles. The molecule has 0 N–H and O–H groups in total. The van der Waals surface area contributed by atoms with Crippen molar-refractivity contribution in [3.8, 4) is 0 Å². The van der Waals surface area contributed by atoms with Crippen LogP contribution in [-0.4, -0.2) is 42.4 Å². The zero-order chi connectivity index (χ0) is 24.0. The Hall–Kier alpha value is -3.42. The van der Waals surface area contributed by atoms with Crippen LogP contribution in [0.2, 0.25) is 0 Å². The largest absolute Gasteiger partial charge is 0.365 e. The lowest BCUT2D eigenvalue weighted by Crippen LogP contribution is -2.52. The molecule has 2 aromatic carbocycles. The highest BCUT2D eigenvalue weighted by atomic mass is 16.6. The Morgan fingerprint density at radius 3 is 2.12 bits per heavy atom. The Morgan fingerprint density at radius 1 is 0.912 bits per heavy atom. The fourth-order valence-corrected chi connectivity index (χ4v) is 5.78. The van der Waals surface area contributed by atoms with Crippen molar-refractivity contribution in [2.24, 2.45) is 11.8 Å². The van der Waals surface area contributed by atoms with E-state index >= 15 is 0 Å². The first-order valence-electron chi connectivity index (χ1n) is 12.1. The number of aryl methyl sites for hydroxylation is 1. The summed E-state index contributed by atoms with van der Waals surface area (Å²) in [5, 5.41) is 12.0. The molecule has 178 valence electrons. The van der Waals surface area contributed by atoms with Crippen molar-refractivity contribution in [2.75, 3.05) is 34.3 Å². The van der Waals surface area contributed by atoms with E-state index < -0.39 is 4.92 Å². The second-order valence-corrected chi connectivity index (χ2v) is 9.76. The van der Waals surface area contributed by atoms with Gasteiger partial charge in [0, 0.05) is 37.4 Å². The molecular weight excluding hydrogens is 432 g/mol. The SMILES string of the molecule is Cc1ccc(N2CCN(c3ccc(N4C(=O)C5CCCCC5C4=O)cc3[N+](=O)[O-])CC2C)cc1. The van der Waals surface area contributed by atoms with Crippen molar-refractivity contribution < 1.29 is 14.5 Å². The van der Waals surface area contributed by atoms with Gasteiger partial charge in [0.2, 0.25) is 11.8 Å². The van der Waals surface area contributed by atoms with E-state index in [4.69, 9.17) is 0 Å². The van der Waals surface area contributed by atoms with Crippen LogP contribution < -0.4 is 14.7 Å². The highest BCUT2D eigenvalue weighted by Gasteiger charge is 2.49. The fraction of sp³-hybridized carbons (Fsp3) is 0.462. The average Bonchev–Trinajstić information content (AvgIpc) is 3.09. The number of benzene rings is 2. The van der Waals surface area contributed by atoms with Crippen LogP contribution in [0.25, 0.3) is 0 Å². The molecule has 0 spiro atoms. The molecule has 2 aromatic rings. The monoisotopic (exact) mass is 462 g/mol. The van der Waals surface area contributed by atoms with E-state index in [0.29, 0.717) is 24.5 Å². The maximum absolute atomic E-state index is 13.0. The number of anilines is 3.